The van der Waals surface area contributed by atoms with Crippen molar-refractivity contribution in [1.29, 1.82) is 0 Å². The van der Waals surface area contributed by atoms with Crippen molar-refractivity contribution < 1.29 is 255 Å². The Morgan fingerprint density at radius 3 is 1.56 bits per heavy atom. The van der Waals surface area contributed by atoms with Crippen LogP contribution in [0, 0.1) is 6.07 Å². The van der Waals surface area contributed by atoms with Gasteiger partial charge >= 0.3 is 177 Å². The molecule has 0 unspecified atom stereocenters. The molecule has 6 aromatic rings. The topological polar surface area (TPSA) is 405 Å². The molecular weight excluding hydrogens is 1220 g/mol. The van der Waals surface area contributed by atoms with E-state index in [1.54, 1.807) is 17.0 Å². The average Bonchev–Trinajstić information content (AvgIpc) is 3.37. The largest absolute Gasteiger partial charge is 1.00 e. The van der Waals surface area contributed by atoms with Crippen LogP contribution in [0.1, 0.15) is 11.1 Å². The van der Waals surface area contributed by atoms with Gasteiger partial charge in [-0.3, -0.25) is 10.1 Å². The van der Waals surface area contributed by atoms with Gasteiger partial charge in [0.1, 0.15) is 30.4 Å². The Balaban J connectivity index is 0.00000364. The van der Waals surface area contributed by atoms with Crippen LogP contribution in [-0.2, 0) is 58.6 Å². The molecule has 2 aliphatic rings. The Morgan fingerprint density at radius 2 is 1.05 bits per heavy atom. The van der Waals surface area contributed by atoms with E-state index in [9.17, 15) is 49.4 Å². The molecule has 392 valence electrons. The number of ether oxygens (including phenoxy) is 2. The number of nitrogens with zero attached hydrogens (tertiary/aromatic N) is 8. The molecular formula is C40H34N12Na6O17S5. The first-order valence-corrected chi connectivity index (χ1v) is 26.6. The average molecular weight is 1250 g/mol. The number of rotatable bonds is 21. The maximum absolute atomic E-state index is 12.7. The van der Waals surface area contributed by atoms with Gasteiger partial charge in [-0.25, -0.2) is 25.3 Å². The number of hydrogen-bond acceptors (Lipinski definition) is 31. The molecule has 80 heavy (non-hydrogen) atoms. The molecule has 2 saturated heterocycles. The molecule has 4 aromatic carbocycles. The van der Waals surface area contributed by atoms with Crippen molar-refractivity contribution >= 4 is 125 Å². The van der Waals surface area contributed by atoms with Gasteiger partial charge in [0.05, 0.1) is 81.5 Å². The molecule has 0 aliphatic carbocycles. The maximum atomic E-state index is 12.7. The summed E-state index contributed by atoms with van der Waals surface area (Å²) in [6.45, 7) is 2.89. The van der Waals surface area contributed by atoms with Gasteiger partial charge in [0, 0.05) is 36.8 Å². The summed E-state index contributed by atoms with van der Waals surface area (Å²) in [6.07, 6.45) is 2.88. The zero-order valence-corrected chi connectivity index (χ0v) is 59.4. The normalized spacial score (nSPS) is 13.5. The van der Waals surface area contributed by atoms with Crippen LogP contribution in [0.3, 0.4) is 0 Å². The molecule has 0 bridgehead atoms. The first-order chi connectivity index (χ1) is 35.4. The maximum Gasteiger partial charge on any atom is 1.00 e. The number of hydrogen-bond donors (Lipinski definition) is 4. The van der Waals surface area contributed by atoms with E-state index in [0.29, 0.717) is 116 Å². The third-order valence-electron chi connectivity index (χ3n) is 10.2. The monoisotopic (exact) mass is 1250 g/mol. The Labute approximate surface area is 599 Å². The van der Waals surface area contributed by atoms with Gasteiger partial charge in [0.15, 0.2) is 0 Å². The van der Waals surface area contributed by atoms with Crippen molar-refractivity contribution in [3.8, 4) is 0 Å². The van der Waals surface area contributed by atoms with Crippen LogP contribution >= 0.6 is 24.1 Å². The molecule has 2 fully saturated rings. The number of benzene rings is 4. The van der Waals surface area contributed by atoms with Crippen LogP contribution in [0.4, 0.5) is 58.4 Å². The SMILES string of the molecule is O=S(=O)([O-])c1ccc(S(=O)(=O)[O-])c(Nc2nc(Nc3c[c-]c(/C=C/c4ccc(Nc5nc(Nc6cc(SOO[O-])ccc6SOO[O-])nc(N6CCOCC6)n5)cc4S(=O)(=O)[O-])cc3)nc(N3CCOCC3)n2)c1.[Na+].[Na+].[Na+].[Na+].[Na+].[Na+]. The zero-order chi connectivity index (χ0) is 52.5. The Hall–Kier alpha value is -0.450. The first kappa shape index (κ1) is 75.6. The Kier molecular flexibility index (Phi) is 33.5. The van der Waals surface area contributed by atoms with E-state index in [1.165, 1.54) is 48.6 Å². The molecule has 4 heterocycles. The fraction of sp³-hybridized carbons (Fsp3) is 0.200. The van der Waals surface area contributed by atoms with Crippen LogP contribution in [0.2, 0.25) is 0 Å². The molecule has 0 atom stereocenters. The van der Waals surface area contributed by atoms with Crippen molar-refractivity contribution in [3.63, 3.8) is 0 Å². The smallest absolute Gasteiger partial charge is 0.744 e. The Morgan fingerprint density at radius 1 is 0.537 bits per heavy atom. The summed E-state index contributed by atoms with van der Waals surface area (Å²) in [6, 6.07) is 18.2. The van der Waals surface area contributed by atoms with Gasteiger partial charge in [-0.15, -0.1) is 30.3 Å². The molecule has 0 amide bonds. The summed E-state index contributed by atoms with van der Waals surface area (Å²) in [4.78, 5) is 28.4. The van der Waals surface area contributed by atoms with Crippen LogP contribution < -0.4 is 219 Å². The molecule has 40 heteroatoms. The molecule has 8 rings (SSSR count). The number of anilines is 10. The third-order valence-corrected chi connectivity index (χ3v) is 14.0. The number of aromatic nitrogens is 6. The minimum Gasteiger partial charge on any atom is -0.744 e. The van der Waals surface area contributed by atoms with Gasteiger partial charge in [-0.2, -0.15) is 44.1 Å². The van der Waals surface area contributed by atoms with Crippen molar-refractivity contribution in [2.24, 2.45) is 0 Å². The summed E-state index contributed by atoms with van der Waals surface area (Å²) in [7, 11) is -15.4. The second-order valence-electron chi connectivity index (χ2n) is 15.0. The van der Waals surface area contributed by atoms with Gasteiger partial charge in [-0.05, 0) is 59.8 Å². The molecule has 2 aromatic heterocycles. The minimum atomic E-state index is -5.19. The third kappa shape index (κ3) is 22.1. The summed E-state index contributed by atoms with van der Waals surface area (Å²) >= 11 is 1.13. The van der Waals surface area contributed by atoms with Crippen LogP contribution in [0.15, 0.2) is 97.3 Å². The van der Waals surface area contributed by atoms with Crippen LogP contribution in [0.5, 0.6) is 0 Å². The van der Waals surface area contributed by atoms with Crippen LogP contribution in [0.25, 0.3) is 12.2 Å². The van der Waals surface area contributed by atoms with E-state index in [4.69, 9.17) is 9.47 Å². The van der Waals surface area contributed by atoms with Gasteiger partial charge in [0.25, 0.3) is 0 Å². The van der Waals surface area contributed by atoms with Crippen molar-refractivity contribution in [2.45, 2.75) is 24.5 Å². The van der Waals surface area contributed by atoms with Crippen molar-refractivity contribution in [3.05, 3.63) is 90.0 Å². The Bertz CT molecular complexity index is 3390. The predicted octanol–water partition coefficient (Wildman–Crippen LogP) is -16.1. The van der Waals surface area contributed by atoms with Gasteiger partial charge in [0.2, 0.25) is 35.7 Å². The number of nitrogens with one attached hydrogen (secondary N) is 4. The molecule has 4 N–H and O–H groups in total. The van der Waals surface area contributed by atoms with Gasteiger partial charge in [-0.1, -0.05) is 12.1 Å². The van der Waals surface area contributed by atoms with E-state index in [2.05, 4.69) is 76.0 Å². The summed E-state index contributed by atoms with van der Waals surface area (Å²) < 4.78 is 129. The molecule has 0 spiro atoms. The number of morpholine rings is 2. The van der Waals surface area contributed by atoms with E-state index in [1.807, 2.05) is 4.90 Å². The van der Waals surface area contributed by atoms with E-state index >= 15 is 0 Å². The fourth-order valence-electron chi connectivity index (χ4n) is 6.84. The summed E-state index contributed by atoms with van der Waals surface area (Å²) in [5.41, 5.74) is 0.564. The fourth-order valence-corrected chi connectivity index (χ4v) is 9.47. The van der Waals surface area contributed by atoms with Crippen LogP contribution in [-0.4, -0.2) is 121 Å². The van der Waals surface area contributed by atoms with E-state index < -0.39 is 50.7 Å². The molecule has 2 aliphatic heterocycles. The zero-order valence-electron chi connectivity index (χ0n) is 43.3. The minimum absolute atomic E-state index is 0. The van der Waals surface area contributed by atoms with E-state index in [0.717, 1.165) is 6.07 Å². The standard InChI is InChI=1S/C40H39N12O17S5.6Na/c53-66-68-70-28-9-11-32(71-69-67-54)30(22-28)43-37-46-36(48-40(49-37)52-15-19-65-20-16-52)42-27-8-5-25(34(21-27)74(61,62)63)4-1-24-2-6-26(7-3-24)41-35-45-38(50-39(47-35)51-13-17-64-18-14-51)44-31-23-29(72(55,56)57)10-12-33(31)73(58,59)60;;;;;;/h1-2,4-12,21-23,53-54H,13-20H2,(H,55,56,57)(H,58,59,60)(H,61,62,63)(H2,41,44,45,47,50)(H2,42,43,46,48,49);;;;;;/q-1;6*+1/p-5/b4-1+;;;;;;. The second kappa shape index (κ2) is 35.4. The van der Waals surface area contributed by atoms with Crippen molar-refractivity contribution in [1.82, 2.24) is 29.9 Å². The quantitative estimate of drug-likeness (QED) is 0.00989. The molecule has 29 nitrogen and oxygen atoms in total. The van der Waals surface area contributed by atoms with Crippen molar-refractivity contribution in [2.75, 3.05) is 83.7 Å². The van der Waals surface area contributed by atoms with E-state index in [-0.39, 0.29) is 230 Å². The van der Waals surface area contributed by atoms with Gasteiger partial charge < -0.3 is 64.7 Å². The first-order valence-electron chi connectivity index (χ1n) is 20.9. The second-order valence-corrected chi connectivity index (χ2v) is 20.6. The summed E-state index contributed by atoms with van der Waals surface area (Å²) in [5, 5.41) is 39.4. The molecule has 0 saturated carbocycles. The predicted molar refractivity (Wildman–Crippen MR) is 252 cm³/mol. The summed E-state index contributed by atoms with van der Waals surface area (Å²) in [5.74, 6) is -0.290. The molecule has 0 radical (unpaired) electrons.